The molecule has 2 aromatic carbocycles. The third kappa shape index (κ3) is 3.29. The van der Waals surface area contributed by atoms with Crippen LogP contribution in [-0.2, 0) is 4.74 Å². The van der Waals surface area contributed by atoms with E-state index in [1.54, 1.807) is 38.1 Å². The number of ether oxygens (including phenoxy) is 1. The number of para-hydroxylation sites is 1. The number of nitrogens with one attached hydrogen (secondary N) is 1. The van der Waals surface area contributed by atoms with Gasteiger partial charge in [0.2, 0.25) is 5.89 Å². The Hall–Kier alpha value is -3.74. The Bertz CT molecular complexity index is 1210. The second-order valence-corrected chi connectivity index (χ2v) is 6.31. The largest absolute Gasteiger partial charge is 0.450 e. The van der Waals surface area contributed by atoms with Crippen LogP contribution in [0.15, 0.2) is 63.8 Å². The lowest BCUT2D eigenvalue weighted by Crippen LogP contribution is -2.18. The topological polar surface area (TPSA) is 98.1 Å². The van der Waals surface area contributed by atoms with Crippen molar-refractivity contribution in [3.63, 3.8) is 0 Å². The Morgan fingerprint density at radius 1 is 1.07 bits per heavy atom. The van der Waals surface area contributed by atoms with Crippen molar-refractivity contribution in [3.05, 3.63) is 82.2 Å². The second kappa shape index (κ2) is 7.11. The van der Waals surface area contributed by atoms with E-state index in [1.165, 1.54) is 0 Å². The Balaban J connectivity index is 1.59. The van der Waals surface area contributed by atoms with Crippen molar-refractivity contribution in [2.24, 2.45) is 0 Å². The summed E-state index contributed by atoms with van der Waals surface area (Å²) in [5.41, 5.74) is 1.10. The quantitative estimate of drug-likeness (QED) is 0.545. The highest BCUT2D eigenvalue weighted by molar-refractivity contribution is 5.89. The van der Waals surface area contributed by atoms with Crippen LogP contribution in [0.2, 0.25) is 0 Å². The maximum atomic E-state index is 12.6. The van der Waals surface area contributed by atoms with Crippen LogP contribution in [0, 0.1) is 6.92 Å². The number of esters is 1. The van der Waals surface area contributed by atoms with Gasteiger partial charge in [-0.05, 0) is 38.1 Å². The minimum atomic E-state index is -0.763. The number of aromatic amines is 1. The lowest BCUT2D eigenvalue weighted by molar-refractivity contribution is 0.0312. The molecular weight excluding hydrogens is 358 g/mol. The van der Waals surface area contributed by atoms with E-state index >= 15 is 0 Å². The molecule has 0 spiro atoms. The zero-order chi connectivity index (χ0) is 19.7. The molecule has 0 unspecified atom stereocenters. The van der Waals surface area contributed by atoms with Crippen LogP contribution in [0.4, 0.5) is 0 Å². The zero-order valence-corrected chi connectivity index (χ0v) is 15.3. The molecule has 0 amide bonds. The maximum Gasteiger partial charge on any atom is 0.361 e. The number of aromatic nitrogens is 3. The first-order valence-electron chi connectivity index (χ1n) is 8.75. The van der Waals surface area contributed by atoms with E-state index in [9.17, 15) is 9.59 Å². The molecular formula is C21H17N3O4. The Kier molecular flexibility index (Phi) is 4.49. The summed E-state index contributed by atoms with van der Waals surface area (Å²) in [7, 11) is 0. The van der Waals surface area contributed by atoms with Crippen molar-refractivity contribution in [2.75, 3.05) is 0 Å². The molecule has 28 heavy (non-hydrogen) atoms. The van der Waals surface area contributed by atoms with Gasteiger partial charge in [0.25, 0.3) is 5.56 Å². The molecule has 7 nitrogen and oxygen atoms in total. The monoisotopic (exact) mass is 375 g/mol. The van der Waals surface area contributed by atoms with Gasteiger partial charge >= 0.3 is 5.97 Å². The molecule has 4 aromatic rings. The molecule has 2 heterocycles. The Labute approximate surface area is 160 Å². The number of fused-ring (bicyclic) bond motifs is 1. The standard InChI is InChI=1S/C21H17N3O4/c1-12-17(23-20(27-12)14-8-4-3-5-9-14)21(26)28-13(2)18-22-16-11-7-6-10-15(16)19(25)24-18/h3-11,13H,1-2H3,(H,22,24,25)/t13-/m0/s1. The van der Waals surface area contributed by atoms with Crippen molar-refractivity contribution in [2.45, 2.75) is 20.0 Å². The van der Waals surface area contributed by atoms with Gasteiger partial charge in [0, 0.05) is 5.56 Å². The smallest absolute Gasteiger partial charge is 0.361 e. The van der Waals surface area contributed by atoms with Crippen LogP contribution in [0.1, 0.15) is 35.1 Å². The van der Waals surface area contributed by atoms with Gasteiger partial charge in [0.1, 0.15) is 5.76 Å². The lowest BCUT2D eigenvalue weighted by atomic mass is 10.2. The van der Waals surface area contributed by atoms with Gasteiger partial charge in [-0.1, -0.05) is 30.3 Å². The van der Waals surface area contributed by atoms with Gasteiger partial charge in [-0.15, -0.1) is 0 Å². The van der Waals surface area contributed by atoms with Gasteiger partial charge in [0.15, 0.2) is 17.6 Å². The number of rotatable bonds is 4. The number of H-pyrrole nitrogens is 1. The molecule has 7 heteroatoms. The van der Waals surface area contributed by atoms with Gasteiger partial charge < -0.3 is 14.1 Å². The zero-order valence-electron chi connectivity index (χ0n) is 15.3. The SMILES string of the molecule is Cc1oc(-c2ccccc2)nc1C(=O)O[C@@H](C)c1nc2ccccc2c(=O)[nH]1. The van der Waals surface area contributed by atoms with E-state index in [1.807, 2.05) is 30.3 Å². The van der Waals surface area contributed by atoms with Crippen molar-refractivity contribution < 1.29 is 13.9 Å². The predicted octanol–water partition coefficient (Wildman–Crippen LogP) is 3.80. The molecule has 0 radical (unpaired) electrons. The molecule has 0 saturated carbocycles. The summed E-state index contributed by atoms with van der Waals surface area (Å²) in [6.07, 6.45) is -0.763. The van der Waals surface area contributed by atoms with Crippen molar-refractivity contribution in [1.82, 2.24) is 15.0 Å². The first-order valence-corrected chi connectivity index (χ1v) is 8.75. The summed E-state index contributed by atoms with van der Waals surface area (Å²) >= 11 is 0. The number of carbonyl (C=O) groups excluding carboxylic acids is 1. The second-order valence-electron chi connectivity index (χ2n) is 6.31. The van der Waals surface area contributed by atoms with E-state index in [-0.39, 0.29) is 17.1 Å². The summed E-state index contributed by atoms with van der Waals surface area (Å²) in [5.74, 6) is 0.319. The molecule has 0 aliphatic carbocycles. The highest BCUT2D eigenvalue weighted by Gasteiger charge is 2.23. The average molecular weight is 375 g/mol. The molecule has 0 bridgehead atoms. The molecule has 0 saturated heterocycles. The molecule has 140 valence electrons. The van der Waals surface area contributed by atoms with Gasteiger partial charge in [0.05, 0.1) is 10.9 Å². The molecule has 0 fully saturated rings. The number of hydrogen-bond donors (Lipinski definition) is 1. The minimum absolute atomic E-state index is 0.0915. The molecule has 1 N–H and O–H groups in total. The van der Waals surface area contributed by atoms with Crippen LogP contribution in [-0.4, -0.2) is 20.9 Å². The van der Waals surface area contributed by atoms with Gasteiger partial charge in [-0.2, -0.15) is 0 Å². The molecule has 0 aliphatic heterocycles. The highest BCUT2D eigenvalue weighted by Crippen LogP contribution is 2.23. The molecule has 1 atom stereocenters. The normalized spacial score (nSPS) is 12.1. The van der Waals surface area contributed by atoms with E-state index in [2.05, 4.69) is 15.0 Å². The molecule has 2 aromatic heterocycles. The predicted molar refractivity (Wildman–Crippen MR) is 103 cm³/mol. The van der Waals surface area contributed by atoms with Gasteiger partial charge in [-0.3, -0.25) is 4.79 Å². The number of oxazole rings is 1. The number of nitrogens with zero attached hydrogens (tertiary/aromatic N) is 2. The highest BCUT2D eigenvalue weighted by atomic mass is 16.5. The average Bonchev–Trinajstić information content (AvgIpc) is 3.10. The maximum absolute atomic E-state index is 12.6. The summed E-state index contributed by atoms with van der Waals surface area (Å²) in [6, 6.07) is 16.3. The van der Waals surface area contributed by atoms with Crippen LogP contribution in [0.3, 0.4) is 0 Å². The van der Waals surface area contributed by atoms with Crippen LogP contribution < -0.4 is 5.56 Å². The van der Waals surface area contributed by atoms with Crippen LogP contribution >= 0.6 is 0 Å². The fourth-order valence-corrected chi connectivity index (χ4v) is 2.86. The molecule has 0 aliphatic rings. The first-order chi connectivity index (χ1) is 13.5. The number of benzene rings is 2. The van der Waals surface area contributed by atoms with E-state index in [0.29, 0.717) is 22.6 Å². The number of hydrogen-bond acceptors (Lipinski definition) is 6. The third-order valence-electron chi connectivity index (χ3n) is 4.31. The van der Waals surface area contributed by atoms with Crippen molar-refractivity contribution in [1.29, 1.82) is 0 Å². The summed E-state index contributed by atoms with van der Waals surface area (Å²) < 4.78 is 11.1. The number of carbonyl (C=O) groups is 1. The summed E-state index contributed by atoms with van der Waals surface area (Å²) in [4.78, 5) is 36.1. The fraction of sp³-hybridized carbons (Fsp3) is 0.143. The lowest BCUT2D eigenvalue weighted by Gasteiger charge is -2.12. The Morgan fingerprint density at radius 2 is 1.79 bits per heavy atom. The van der Waals surface area contributed by atoms with Crippen LogP contribution in [0.25, 0.3) is 22.4 Å². The van der Waals surface area contributed by atoms with Crippen molar-refractivity contribution >= 4 is 16.9 Å². The first kappa shape index (κ1) is 17.7. The summed E-state index contributed by atoms with van der Waals surface area (Å²) in [5, 5.41) is 0.477. The fourth-order valence-electron chi connectivity index (χ4n) is 2.86. The summed E-state index contributed by atoms with van der Waals surface area (Å²) in [6.45, 7) is 3.29. The Morgan fingerprint density at radius 3 is 2.57 bits per heavy atom. The molecule has 4 rings (SSSR count). The van der Waals surface area contributed by atoms with E-state index in [0.717, 1.165) is 5.56 Å². The van der Waals surface area contributed by atoms with Crippen LogP contribution in [0.5, 0.6) is 0 Å². The minimum Gasteiger partial charge on any atom is -0.450 e. The van der Waals surface area contributed by atoms with Gasteiger partial charge in [-0.25, -0.2) is 14.8 Å². The van der Waals surface area contributed by atoms with Crippen molar-refractivity contribution in [3.8, 4) is 11.5 Å². The van der Waals surface area contributed by atoms with E-state index < -0.39 is 12.1 Å². The number of aryl methyl sites for hydroxylation is 1. The van der Waals surface area contributed by atoms with E-state index in [4.69, 9.17) is 9.15 Å². The third-order valence-corrected chi connectivity index (χ3v) is 4.31.